The first-order chi connectivity index (χ1) is 8.65. The van der Waals surface area contributed by atoms with Crippen LogP contribution in [-0.4, -0.2) is 44.9 Å². The maximum absolute atomic E-state index is 13.1. The second-order valence-corrected chi connectivity index (χ2v) is 4.24. The molecule has 2 aromatic rings. The standard InChI is InChI=1S/C11H11FN4O2/c12-7-3-4-15(6-7)10-2-1-9-13-5-8(11(17)18)16(9)14-10/h1-2,5,7H,3-4,6H2,(H,17,18). The predicted molar refractivity (Wildman–Crippen MR) is 61.7 cm³/mol. The van der Waals surface area contributed by atoms with Gasteiger partial charge in [0.1, 0.15) is 12.0 Å². The predicted octanol–water partition coefficient (Wildman–Crippen LogP) is 0.976. The fourth-order valence-corrected chi connectivity index (χ4v) is 2.10. The summed E-state index contributed by atoms with van der Waals surface area (Å²) in [6, 6.07) is 3.41. The van der Waals surface area contributed by atoms with Crippen LogP contribution in [0.25, 0.3) is 5.65 Å². The van der Waals surface area contributed by atoms with E-state index in [-0.39, 0.29) is 5.69 Å². The van der Waals surface area contributed by atoms with E-state index in [1.807, 2.05) is 0 Å². The number of carbonyl (C=O) groups is 1. The van der Waals surface area contributed by atoms with Crippen molar-refractivity contribution in [2.75, 3.05) is 18.0 Å². The zero-order chi connectivity index (χ0) is 12.7. The van der Waals surface area contributed by atoms with Crippen LogP contribution in [0.2, 0.25) is 0 Å². The summed E-state index contributed by atoms with van der Waals surface area (Å²) in [4.78, 5) is 16.7. The molecular weight excluding hydrogens is 239 g/mol. The fraction of sp³-hybridized carbons (Fsp3) is 0.364. The van der Waals surface area contributed by atoms with Crippen LogP contribution in [0.5, 0.6) is 0 Å². The molecule has 0 aliphatic carbocycles. The van der Waals surface area contributed by atoms with Crippen LogP contribution in [-0.2, 0) is 0 Å². The van der Waals surface area contributed by atoms with Crippen molar-refractivity contribution in [3.8, 4) is 0 Å². The number of hydrogen-bond donors (Lipinski definition) is 1. The second kappa shape index (κ2) is 3.94. The molecule has 94 valence electrons. The number of fused-ring (bicyclic) bond motifs is 1. The molecule has 0 bridgehead atoms. The number of anilines is 1. The molecule has 1 N–H and O–H groups in total. The number of nitrogens with zero attached hydrogens (tertiary/aromatic N) is 4. The molecule has 0 amide bonds. The summed E-state index contributed by atoms with van der Waals surface area (Å²) in [6.07, 6.45) is 0.899. The van der Waals surface area contributed by atoms with Gasteiger partial charge in [0.2, 0.25) is 0 Å². The summed E-state index contributed by atoms with van der Waals surface area (Å²) in [5.41, 5.74) is 0.468. The van der Waals surface area contributed by atoms with E-state index in [0.717, 1.165) is 0 Å². The summed E-state index contributed by atoms with van der Waals surface area (Å²) in [5, 5.41) is 13.2. The SMILES string of the molecule is O=C(O)c1cnc2ccc(N3CCC(F)C3)nn12. The number of hydrogen-bond acceptors (Lipinski definition) is 4. The van der Waals surface area contributed by atoms with Gasteiger partial charge in [0.05, 0.1) is 12.7 Å². The van der Waals surface area contributed by atoms with Crippen LogP contribution in [0.4, 0.5) is 10.2 Å². The van der Waals surface area contributed by atoms with E-state index in [4.69, 9.17) is 5.11 Å². The maximum Gasteiger partial charge on any atom is 0.356 e. The van der Waals surface area contributed by atoms with E-state index in [2.05, 4.69) is 10.1 Å². The Hall–Kier alpha value is -2.18. The normalized spacial score (nSPS) is 19.6. The quantitative estimate of drug-likeness (QED) is 0.860. The lowest BCUT2D eigenvalue weighted by Gasteiger charge is -2.15. The Morgan fingerprint density at radius 3 is 3.00 bits per heavy atom. The Kier molecular flexibility index (Phi) is 2.39. The third kappa shape index (κ3) is 1.68. The molecule has 3 heterocycles. The minimum Gasteiger partial charge on any atom is -0.476 e. The highest BCUT2D eigenvalue weighted by atomic mass is 19.1. The molecule has 7 heteroatoms. The molecule has 1 fully saturated rings. The van der Waals surface area contributed by atoms with Gasteiger partial charge in [-0.25, -0.2) is 18.7 Å². The molecule has 18 heavy (non-hydrogen) atoms. The van der Waals surface area contributed by atoms with Crippen LogP contribution in [0.1, 0.15) is 16.9 Å². The first-order valence-corrected chi connectivity index (χ1v) is 5.62. The number of imidazole rings is 1. The zero-order valence-electron chi connectivity index (χ0n) is 9.45. The summed E-state index contributed by atoms with van der Waals surface area (Å²) in [5.74, 6) is -0.514. The minimum atomic E-state index is -1.09. The molecule has 0 spiro atoms. The highest BCUT2D eigenvalue weighted by Crippen LogP contribution is 2.20. The van der Waals surface area contributed by atoms with E-state index in [1.165, 1.54) is 10.7 Å². The lowest BCUT2D eigenvalue weighted by molar-refractivity contribution is 0.0688. The molecule has 1 unspecified atom stereocenters. The molecule has 0 aromatic carbocycles. The minimum absolute atomic E-state index is 0.00263. The van der Waals surface area contributed by atoms with Crippen LogP contribution < -0.4 is 4.90 Å². The number of carboxylic acid groups (broad SMARTS) is 1. The zero-order valence-corrected chi connectivity index (χ0v) is 9.45. The average Bonchev–Trinajstić information content (AvgIpc) is 2.93. The second-order valence-electron chi connectivity index (χ2n) is 4.24. The van der Waals surface area contributed by atoms with Crippen molar-refractivity contribution in [1.29, 1.82) is 0 Å². The van der Waals surface area contributed by atoms with Gasteiger partial charge in [0, 0.05) is 6.54 Å². The number of carboxylic acids is 1. The summed E-state index contributed by atoms with van der Waals surface area (Å²) in [7, 11) is 0. The Morgan fingerprint density at radius 2 is 2.33 bits per heavy atom. The molecule has 6 nitrogen and oxygen atoms in total. The topological polar surface area (TPSA) is 70.7 Å². The summed E-state index contributed by atoms with van der Waals surface area (Å²) in [6.45, 7) is 0.895. The van der Waals surface area contributed by atoms with Crippen molar-refractivity contribution in [1.82, 2.24) is 14.6 Å². The average molecular weight is 250 g/mol. The maximum atomic E-state index is 13.1. The van der Waals surface area contributed by atoms with Gasteiger partial charge in [0.15, 0.2) is 11.3 Å². The Bertz CT molecular complexity index is 612. The number of aromatic nitrogens is 3. The van der Waals surface area contributed by atoms with Gasteiger partial charge in [0.25, 0.3) is 0 Å². The number of rotatable bonds is 2. The lowest BCUT2D eigenvalue weighted by atomic mass is 10.3. The molecule has 2 aromatic heterocycles. The van der Waals surface area contributed by atoms with E-state index >= 15 is 0 Å². The van der Waals surface area contributed by atoms with E-state index in [0.29, 0.717) is 31.0 Å². The first kappa shape index (κ1) is 10.9. The number of aromatic carboxylic acids is 1. The Labute approximate surface area is 102 Å². The highest BCUT2D eigenvalue weighted by Gasteiger charge is 2.23. The van der Waals surface area contributed by atoms with E-state index in [1.54, 1.807) is 17.0 Å². The van der Waals surface area contributed by atoms with Crippen LogP contribution in [0, 0.1) is 0 Å². The molecular formula is C11H11FN4O2. The van der Waals surface area contributed by atoms with Crippen LogP contribution in [0.15, 0.2) is 18.3 Å². The van der Waals surface area contributed by atoms with Gasteiger partial charge >= 0.3 is 5.97 Å². The van der Waals surface area contributed by atoms with Gasteiger partial charge < -0.3 is 10.0 Å². The molecule has 1 aliphatic heterocycles. The van der Waals surface area contributed by atoms with Crippen molar-refractivity contribution in [2.45, 2.75) is 12.6 Å². The highest BCUT2D eigenvalue weighted by molar-refractivity contribution is 5.86. The van der Waals surface area contributed by atoms with Crippen molar-refractivity contribution < 1.29 is 14.3 Å². The smallest absolute Gasteiger partial charge is 0.356 e. The van der Waals surface area contributed by atoms with E-state index < -0.39 is 12.1 Å². The van der Waals surface area contributed by atoms with E-state index in [9.17, 15) is 9.18 Å². The first-order valence-electron chi connectivity index (χ1n) is 5.62. The van der Waals surface area contributed by atoms with Gasteiger partial charge in [-0.2, -0.15) is 0 Å². The Morgan fingerprint density at radius 1 is 1.50 bits per heavy atom. The molecule has 1 saturated heterocycles. The van der Waals surface area contributed by atoms with Gasteiger partial charge in [-0.1, -0.05) is 0 Å². The largest absolute Gasteiger partial charge is 0.476 e. The van der Waals surface area contributed by atoms with Crippen molar-refractivity contribution in [3.63, 3.8) is 0 Å². The summed E-state index contributed by atoms with van der Waals surface area (Å²) >= 11 is 0. The fourth-order valence-electron chi connectivity index (χ4n) is 2.10. The molecule has 1 atom stereocenters. The molecule has 0 radical (unpaired) electrons. The van der Waals surface area contributed by atoms with Crippen molar-refractivity contribution >= 4 is 17.4 Å². The van der Waals surface area contributed by atoms with Crippen LogP contribution >= 0.6 is 0 Å². The van der Waals surface area contributed by atoms with Gasteiger partial charge in [-0.3, -0.25) is 0 Å². The third-order valence-corrected chi connectivity index (χ3v) is 3.02. The Balaban J connectivity index is 2.04. The number of halogens is 1. The summed E-state index contributed by atoms with van der Waals surface area (Å²) < 4.78 is 14.4. The number of alkyl halides is 1. The van der Waals surface area contributed by atoms with Gasteiger partial charge in [-0.15, -0.1) is 5.10 Å². The molecule has 1 aliphatic rings. The molecule has 3 rings (SSSR count). The molecule has 0 saturated carbocycles. The van der Waals surface area contributed by atoms with Gasteiger partial charge in [-0.05, 0) is 18.6 Å². The van der Waals surface area contributed by atoms with Crippen molar-refractivity contribution in [2.24, 2.45) is 0 Å². The third-order valence-electron chi connectivity index (χ3n) is 3.02. The van der Waals surface area contributed by atoms with Crippen molar-refractivity contribution in [3.05, 3.63) is 24.0 Å². The monoisotopic (exact) mass is 250 g/mol. The lowest BCUT2D eigenvalue weighted by Crippen LogP contribution is -2.22. The van der Waals surface area contributed by atoms with Crippen LogP contribution in [0.3, 0.4) is 0 Å².